The summed E-state index contributed by atoms with van der Waals surface area (Å²) in [6.07, 6.45) is 0. The number of carbonyl (C=O) groups excluding carboxylic acids is 1. The van der Waals surface area contributed by atoms with E-state index in [0.717, 1.165) is 6.07 Å². The fourth-order valence-corrected chi connectivity index (χ4v) is 2.98. The minimum Gasteiger partial charge on any atom is -0.487 e. The Bertz CT molecular complexity index is 561. The van der Waals surface area contributed by atoms with Crippen LogP contribution in [0.3, 0.4) is 0 Å². The standard InChI is InChI=1S/C17H26ClFO4Si/c1-7-21-16(20)12-10-13(18)15(14(19)11-12)22-8-9-23-24(5,6)17(2,3)4/h10-11H,7-9H2,1-6H3. The normalized spacial score (nSPS) is 12.2. The highest BCUT2D eigenvalue weighted by Crippen LogP contribution is 2.36. The van der Waals surface area contributed by atoms with Crippen LogP contribution in [0.4, 0.5) is 4.39 Å². The third-order valence-electron chi connectivity index (χ3n) is 4.11. The highest BCUT2D eigenvalue weighted by atomic mass is 35.5. The van der Waals surface area contributed by atoms with Crippen LogP contribution < -0.4 is 4.74 Å². The van der Waals surface area contributed by atoms with E-state index in [-0.39, 0.29) is 34.6 Å². The van der Waals surface area contributed by atoms with E-state index in [0.29, 0.717) is 6.61 Å². The molecule has 0 N–H and O–H groups in total. The first-order valence-corrected chi connectivity index (χ1v) is 11.2. The summed E-state index contributed by atoms with van der Waals surface area (Å²) in [6.45, 7) is 13.1. The molecule has 0 amide bonds. The lowest BCUT2D eigenvalue weighted by molar-refractivity contribution is 0.0525. The molecule has 0 aliphatic carbocycles. The Morgan fingerprint density at radius 1 is 1.25 bits per heavy atom. The van der Waals surface area contributed by atoms with Crippen molar-refractivity contribution < 1.29 is 23.1 Å². The molecule has 0 aromatic heterocycles. The number of carbonyl (C=O) groups is 1. The van der Waals surface area contributed by atoms with E-state index in [1.54, 1.807) is 6.92 Å². The van der Waals surface area contributed by atoms with Crippen molar-refractivity contribution in [2.75, 3.05) is 19.8 Å². The molecule has 0 saturated heterocycles. The van der Waals surface area contributed by atoms with Crippen molar-refractivity contribution in [2.45, 2.75) is 45.8 Å². The van der Waals surface area contributed by atoms with Gasteiger partial charge in [-0.15, -0.1) is 0 Å². The maximum Gasteiger partial charge on any atom is 0.338 e. The zero-order valence-corrected chi connectivity index (χ0v) is 16.9. The zero-order valence-electron chi connectivity index (χ0n) is 15.2. The van der Waals surface area contributed by atoms with E-state index in [2.05, 4.69) is 33.9 Å². The SMILES string of the molecule is CCOC(=O)c1cc(F)c(OCCO[Si](C)(C)C(C)(C)C)c(Cl)c1. The van der Waals surface area contributed by atoms with Crippen LogP contribution in [-0.2, 0) is 9.16 Å². The van der Waals surface area contributed by atoms with E-state index in [1.165, 1.54) is 6.07 Å². The van der Waals surface area contributed by atoms with E-state index < -0.39 is 20.1 Å². The summed E-state index contributed by atoms with van der Waals surface area (Å²) in [6, 6.07) is 2.40. The smallest absolute Gasteiger partial charge is 0.338 e. The summed E-state index contributed by atoms with van der Waals surface area (Å²) in [5, 5.41) is 0.127. The molecule has 4 nitrogen and oxygen atoms in total. The van der Waals surface area contributed by atoms with Crippen LogP contribution in [0.15, 0.2) is 12.1 Å². The van der Waals surface area contributed by atoms with Crippen molar-refractivity contribution in [3.63, 3.8) is 0 Å². The van der Waals surface area contributed by atoms with E-state index in [4.69, 9.17) is 25.5 Å². The Morgan fingerprint density at radius 2 is 1.88 bits per heavy atom. The topological polar surface area (TPSA) is 44.8 Å². The third-order valence-corrected chi connectivity index (χ3v) is 8.93. The van der Waals surface area contributed by atoms with Crippen molar-refractivity contribution in [2.24, 2.45) is 0 Å². The number of ether oxygens (including phenoxy) is 2. The molecular weight excluding hydrogens is 351 g/mol. The fraction of sp³-hybridized carbons (Fsp3) is 0.588. The van der Waals surface area contributed by atoms with Gasteiger partial charge in [0, 0.05) is 0 Å². The first kappa shape index (κ1) is 20.9. The quantitative estimate of drug-likeness (QED) is 0.379. The molecule has 1 rings (SSSR count). The summed E-state index contributed by atoms with van der Waals surface area (Å²) in [4.78, 5) is 11.6. The van der Waals surface area contributed by atoms with Gasteiger partial charge in [-0.3, -0.25) is 0 Å². The van der Waals surface area contributed by atoms with Gasteiger partial charge in [-0.25, -0.2) is 9.18 Å². The van der Waals surface area contributed by atoms with Crippen LogP contribution in [0.2, 0.25) is 23.2 Å². The molecule has 0 heterocycles. The van der Waals surface area contributed by atoms with Gasteiger partial charge in [-0.1, -0.05) is 32.4 Å². The zero-order chi connectivity index (χ0) is 18.5. The van der Waals surface area contributed by atoms with E-state index in [1.807, 2.05) is 0 Å². The van der Waals surface area contributed by atoms with Gasteiger partial charge in [0.15, 0.2) is 19.9 Å². The van der Waals surface area contributed by atoms with Gasteiger partial charge in [-0.05, 0) is 37.2 Å². The molecule has 0 atom stereocenters. The highest BCUT2D eigenvalue weighted by molar-refractivity contribution is 6.74. The average molecular weight is 377 g/mol. The van der Waals surface area contributed by atoms with Crippen LogP contribution in [-0.4, -0.2) is 34.1 Å². The molecule has 0 saturated carbocycles. The predicted octanol–water partition coefficient (Wildman–Crippen LogP) is 5.06. The summed E-state index contributed by atoms with van der Waals surface area (Å²) >= 11 is 6.02. The molecule has 136 valence electrons. The number of benzene rings is 1. The van der Waals surface area contributed by atoms with Crippen LogP contribution in [0.1, 0.15) is 38.1 Å². The molecule has 0 radical (unpaired) electrons. The number of rotatable bonds is 7. The summed E-state index contributed by atoms with van der Waals surface area (Å²) in [7, 11) is -1.87. The maximum atomic E-state index is 14.1. The van der Waals surface area contributed by atoms with Crippen molar-refractivity contribution in [1.82, 2.24) is 0 Å². The van der Waals surface area contributed by atoms with Crippen molar-refractivity contribution in [1.29, 1.82) is 0 Å². The molecule has 0 bridgehead atoms. The molecule has 7 heteroatoms. The van der Waals surface area contributed by atoms with Crippen molar-refractivity contribution >= 4 is 25.9 Å². The van der Waals surface area contributed by atoms with Gasteiger partial charge in [-0.2, -0.15) is 0 Å². The number of hydrogen-bond acceptors (Lipinski definition) is 4. The summed E-state index contributed by atoms with van der Waals surface area (Å²) in [5.74, 6) is -1.40. The Hall–Kier alpha value is -1.11. The van der Waals surface area contributed by atoms with Crippen molar-refractivity contribution in [3.8, 4) is 5.75 Å². The predicted molar refractivity (Wildman–Crippen MR) is 96.0 cm³/mol. The highest BCUT2D eigenvalue weighted by Gasteiger charge is 2.36. The van der Waals surface area contributed by atoms with Gasteiger partial charge in [0.2, 0.25) is 0 Å². The fourth-order valence-electron chi connectivity index (χ4n) is 1.69. The third kappa shape index (κ3) is 5.46. The minimum atomic E-state index is -1.87. The van der Waals surface area contributed by atoms with Gasteiger partial charge < -0.3 is 13.9 Å². The molecule has 24 heavy (non-hydrogen) atoms. The largest absolute Gasteiger partial charge is 0.487 e. The molecule has 1 aromatic carbocycles. The van der Waals surface area contributed by atoms with Gasteiger partial charge in [0.25, 0.3) is 0 Å². The molecule has 0 aliphatic rings. The Kier molecular flexibility index (Phi) is 7.25. The number of hydrogen-bond donors (Lipinski definition) is 0. The lowest BCUT2D eigenvalue weighted by Gasteiger charge is -2.36. The second-order valence-corrected chi connectivity index (χ2v) is 12.2. The molecule has 0 unspecified atom stereocenters. The Morgan fingerprint density at radius 3 is 2.38 bits per heavy atom. The summed E-state index contributed by atoms with van der Waals surface area (Å²) in [5.41, 5.74) is 0.0595. The first-order valence-electron chi connectivity index (χ1n) is 7.92. The van der Waals surface area contributed by atoms with Crippen LogP contribution in [0.25, 0.3) is 0 Å². The lowest BCUT2D eigenvalue weighted by atomic mass is 10.2. The second-order valence-electron chi connectivity index (χ2n) is 6.95. The molecule has 1 aromatic rings. The second kappa shape index (κ2) is 8.32. The van der Waals surface area contributed by atoms with Crippen LogP contribution in [0, 0.1) is 5.82 Å². The molecular formula is C17H26ClFO4Si. The van der Waals surface area contributed by atoms with Gasteiger partial charge >= 0.3 is 5.97 Å². The van der Waals surface area contributed by atoms with Crippen molar-refractivity contribution in [3.05, 3.63) is 28.5 Å². The monoisotopic (exact) mass is 376 g/mol. The van der Waals surface area contributed by atoms with Crippen LogP contribution in [0.5, 0.6) is 5.75 Å². The van der Waals surface area contributed by atoms with Gasteiger partial charge in [0.1, 0.15) is 6.61 Å². The number of halogens is 2. The van der Waals surface area contributed by atoms with E-state index >= 15 is 0 Å². The Labute approximate surface area is 149 Å². The lowest BCUT2D eigenvalue weighted by Crippen LogP contribution is -2.41. The average Bonchev–Trinajstić information content (AvgIpc) is 2.44. The first-order chi connectivity index (χ1) is 11.0. The molecule has 0 fully saturated rings. The summed E-state index contributed by atoms with van der Waals surface area (Å²) < 4.78 is 30.3. The number of esters is 1. The van der Waals surface area contributed by atoms with Gasteiger partial charge in [0.05, 0.1) is 23.8 Å². The molecule has 0 spiro atoms. The van der Waals surface area contributed by atoms with Crippen LogP contribution >= 0.6 is 11.6 Å². The maximum absolute atomic E-state index is 14.1. The Balaban J connectivity index is 2.68. The molecule has 0 aliphatic heterocycles. The minimum absolute atomic E-state index is 0.0328. The van der Waals surface area contributed by atoms with E-state index in [9.17, 15) is 9.18 Å².